The largest absolute Gasteiger partial charge is 0.490 e. The number of nitrogens with zero attached hydrogens (tertiary/aromatic N) is 1. The van der Waals surface area contributed by atoms with Crippen LogP contribution in [0, 0.1) is 5.95 Å². The average Bonchev–Trinajstić information content (AvgIpc) is 2.19. The van der Waals surface area contributed by atoms with E-state index in [0.29, 0.717) is 0 Å². The van der Waals surface area contributed by atoms with E-state index in [1.54, 1.807) is 0 Å². The van der Waals surface area contributed by atoms with Gasteiger partial charge >= 0.3 is 6.18 Å². The first kappa shape index (κ1) is 12.7. The minimum absolute atomic E-state index is 0.0522. The Hall–Kier alpha value is -1.37. The van der Waals surface area contributed by atoms with Crippen molar-refractivity contribution in [1.82, 2.24) is 4.98 Å². The topological polar surface area (TPSA) is 31.4 Å². The third-order valence-electron chi connectivity index (χ3n) is 1.46. The summed E-state index contributed by atoms with van der Waals surface area (Å²) in [6.45, 7) is -1.56. The third kappa shape index (κ3) is 5.50. The number of aromatic nitrogens is 1. The van der Waals surface area contributed by atoms with Crippen molar-refractivity contribution in [2.45, 2.75) is 6.18 Å². The summed E-state index contributed by atoms with van der Waals surface area (Å²) in [4.78, 5) is 3.30. The highest BCUT2D eigenvalue weighted by atomic mass is 19.4. The molecule has 0 saturated heterocycles. The van der Waals surface area contributed by atoms with Gasteiger partial charge in [-0.1, -0.05) is 0 Å². The van der Waals surface area contributed by atoms with Gasteiger partial charge in [0.2, 0.25) is 5.95 Å². The molecule has 0 amide bonds. The molecule has 1 aromatic rings. The minimum Gasteiger partial charge on any atom is -0.490 e. The Balaban J connectivity index is 2.14. The van der Waals surface area contributed by atoms with Crippen LogP contribution in [0.2, 0.25) is 0 Å². The lowest BCUT2D eigenvalue weighted by Gasteiger charge is -2.08. The summed E-state index contributed by atoms with van der Waals surface area (Å²) in [6, 6.07) is 2.41. The minimum atomic E-state index is -4.34. The standard InChI is InChI=1S/C9H9F4NO2/c10-8-2-1-7(5-14-8)16-4-3-15-6-9(11,12)13/h1-2,5H,3-4,6H2. The Morgan fingerprint density at radius 3 is 2.50 bits per heavy atom. The van der Waals surface area contributed by atoms with Crippen LogP contribution < -0.4 is 4.74 Å². The first-order chi connectivity index (χ1) is 7.47. The van der Waals surface area contributed by atoms with Gasteiger partial charge in [-0.2, -0.15) is 17.6 Å². The lowest BCUT2D eigenvalue weighted by Crippen LogP contribution is -2.19. The van der Waals surface area contributed by atoms with Crippen molar-refractivity contribution in [2.24, 2.45) is 0 Å². The summed E-state index contributed by atoms with van der Waals surface area (Å²) < 4.78 is 56.5. The lowest BCUT2D eigenvalue weighted by atomic mass is 10.4. The summed E-state index contributed by atoms with van der Waals surface area (Å²) in [5.41, 5.74) is 0. The van der Waals surface area contributed by atoms with Crippen molar-refractivity contribution in [3.63, 3.8) is 0 Å². The molecule has 1 aromatic heterocycles. The van der Waals surface area contributed by atoms with Gasteiger partial charge in [-0.05, 0) is 12.1 Å². The maximum atomic E-state index is 12.3. The maximum absolute atomic E-state index is 12.3. The van der Waals surface area contributed by atoms with Gasteiger partial charge in [0.05, 0.1) is 12.8 Å². The Kier molecular flexibility index (Phi) is 4.48. The van der Waals surface area contributed by atoms with E-state index in [1.165, 1.54) is 6.07 Å². The van der Waals surface area contributed by atoms with Gasteiger partial charge in [0.15, 0.2) is 0 Å². The lowest BCUT2D eigenvalue weighted by molar-refractivity contribution is -0.175. The monoisotopic (exact) mass is 239 g/mol. The van der Waals surface area contributed by atoms with Crippen molar-refractivity contribution in [3.8, 4) is 5.75 Å². The van der Waals surface area contributed by atoms with Crippen molar-refractivity contribution >= 4 is 0 Å². The van der Waals surface area contributed by atoms with Crippen LogP contribution in [0.5, 0.6) is 5.75 Å². The van der Waals surface area contributed by atoms with Crippen LogP contribution in [0.4, 0.5) is 17.6 Å². The van der Waals surface area contributed by atoms with Gasteiger partial charge in [0, 0.05) is 0 Å². The summed E-state index contributed by atoms with van der Waals surface area (Å²) in [5, 5.41) is 0. The molecule has 0 aliphatic heterocycles. The van der Waals surface area contributed by atoms with Crippen LogP contribution in [0.3, 0.4) is 0 Å². The Bertz CT molecular complexity index is 312. The molecule has 0 fully saturated rings. The first-order valence-corrected chi connectivity index (χ1v) is 4.36. The van der Waals surface area contributed by atoms with Gasteiger partial charge in [-0.3, -0.25) is 0 Å². The molecule has 1 heterocycles. The van der Waals surface area contributed by atoms with Crippen LogP contribution in [-0.4, -0.2) is 31.0 Å². The molecule has 0 N–H and O–H groups in total. The molecule has 3 nitrogen and oxygen atoms in total. The summed E-state index contributed by atoms with van der Waals surface area (Å²) in [7, 11) is 0. The predicted molar refractivity (Wildman–Crippen MR) is 46.6 cm³/mol. The molecular formula is C9H9F4NO2. The summed E-state index contributed by atoms with van der Waals surface area (Å²) in [5.74, 6) is -0.377. The molecule has 0 bridgehead atoms. The van der Waals surface area contributed by atoms with Crippen LogP contribution >= 0.6 is 0 Å². The van der Waals surface area contributed by atoms with E-state index < -0.39 is 18.7 Å². The quantitative estimate of drug-likeness (QED) is 0.448. The maximum Gasteiger partial charge on any atom is 0.411 e. The highest BCUT2D eigenvalue weighted by Gasteiger charge is 2.27. The van der Waals surface area contributed by atoms with Crippen LogP contribution in [-0.2, 0) is 4.74 Å². The fourth-order valence-electron chi connectivity index (χ4n) is 0.854. The van der Waals surface area contributed by atoms with E-state index in [9.17, 15) is 17.6 Å². The van der Waals surface area contributed by atoms with Gasteiger partial charge in [0.1, 0.15) is 19.0 Å². The summed E-state index contributed by atoms with van der Waals surface area (Å²) in [6.07, 6.45) is -3.20. The Morgan fingerprint density at radius 2 is 1.94 bits per heavy atom. The smallest absolute Gasteiger partial charge is 0.411 e. The van der Waals surface area contributed by atoms with Crippen LogP contribution in [0.1, 0.15) is 0 Å². The zero-order valence-electron chi connectivity index (χ0n) is 8.13. The zero-order valence-corrected chi connectivity index (χ0v) is 8.13. The van der Waals surface area contributed by atoms with Crippen LogP contribution in [0.25, 0.3) is 0 Å². The van der Waals surface area contributed by atoms with E-state index >= 15 is 0 Å². The molecule has 90 valence electrons. The van der Waals surface area contributed by atoms with E-state index in [2.05, 4.69) is 9.72 Å². The molecule has 16 heavy (non-hydrogen) atoms. The molecule has 1 rings (SSSR count). The number of halogens is 4. The third-order valence-corrected chi connectivity index (χ3v) is 1.46. The molecule has 7 heteroatoms. The van der Waals surface area contributed by atoms with Crippen molar-refractivity contribution < 1.29 is 27.0 Å². The number of rotatable bonds is 5. The molecule has 0 radical (unpaired) electrons. The van der Waals surface area contributed by atoms with E-state index in [-0.39, 0.29) is 19.0 Å². The highest BCUT2D eigenvalue weighted by molar-refractivity contribution is 5.15. The van der Waals surface area contributed by atoms with Crippen molar-refractivity contribution in [2.75, 3.05) is 19.8 Å². The number of alkyl halides is 3. The van der Waals surface area contributed by atoms with Crippen LogP contribution in [0.15, 0.2) is 18.3 Å². The van der Waals surface area contributed by atoms with E-state index in [0.717, 1.165) is 12.3 Å². The summed E-state index contributed by atoms with van der Waals surface area (Å²) >= 11 is 0. The molecule has 0 spiro atoms. The zero-order chi connectivity index (χ0) is 12.0. The number of pyridine rings is 1. The fourth-order valence-corrected chi connectivity index (χ4v) is 0.854. The second-order valence-corrected chi connectivity index (χ2v) is 2.83. The van der Waals surface area contributed by atoms with E-state index in [1.807, 2.05) is 0 Å². The molecule has 0 saturated carbocycles. The number of hydrogen-bond donors (Lipinski definition) is 0. The first-order valence-electron chi connectivity index (χ1n) is 4.36. The highest BCUT2D eigenvalue weighted by Crippen LogP contribution is 2.14. The van der Waals surface area contributed by atoms with Gasteiger partial charge < -0.3 is 9.47 Å². The molecular weight excluding hydrogens is 230 g/mol. The molecule has 0 aliphatic carbocycles. The van der Waals surface area contributed by atoms with Gasteiger partial charge in [0.25, 0.3) is 0 Å². The normalized spacial score (nSPS) is 11.5. The van der Waals surface area contributed by atoms with Crippen molar-refractivity contribution in [3.05, 3.63) is 24.3 Å². The fraction of sp³-hybridized carbons (Fsp3) is 0.444. The molecule has 0 aliphatic rings. The average molecular weight is 239 g/mol. The second-order valence-electron chi connectivity index (χ2n) is 2.83. The predicted octanol–water partition coefficient (Wildman–Crippen LogP) is 2.18. The van der Waals surface area contributed by atoms with Crippen molar-refractivity contribution in [1.29, 1.82) is 0 Å². The molecule has 0 unspecified atom stereocenters. The SMILES string of the molecule is Fc1ccc(OCCOCC(F)(F)F)cn1. The molecule has 0 atom stereocenters. The second kappa shape index (κ2) is 5.64. The van der Waals surface area contributed by atoms with E-state index in [4.69, 9.17) is 4.74 Å². The molecule has 0 aromatic carbocycles. The van der Waals surface area contributed by atoms with Gasteiger partial charge in [-0.15, -0.1) is 0 Å². The Labute approximate surface area is 89.0 Å². The number of ether oxygens (including phenoxy) is 2. The van der Waals surface area contributed by atoms with Gasteiger partial charge in [-0.25, -0.2) is 4.98 Å². The number of hydrogen-bond acceptors (Lipinski definition) is 3. The Morgan fingerprint density at radius 1 is 1.19 bits per heavy atom.